The molecular weight excluding hydrogens is 232 g/mol. The molecule has 1 heterocycles. The molecule has 1 atom stereocenters. The lowest BCUT2D eigenvalue weighted by Gasteiger charge is -2.21. The topological polar surface area (TPSA) is 67.4 Å². The van der Waals surface area contributed by atoms with E-state index in [-0.39, 0.29) is 12.5 Å². The Kier molecular flexibility index (Phi) is 2.98. The van der Waals surface area contributed by atoms with Crippen molar-refractivity contribution in [1.82, 2.24) is 10.6 Å². The van der Waals surface area contributed by atoms with Crippen molar-refractivity contribution >= 4 is 11.9 Å². The van der Waals surface area contributed by atoms with E-state index in [9.17, 15) is 9.59 Å². The van der Waals surface area contributed by atoms with Gasteiger partial charge in [-0.2, -0.15) is 0 Å². The molecule has 96 valence electrons. The minimum Gasteiger partial charge on any atom is -0.491 e. The number of hydrogen-bond acceptors (Lipinski definition) is 3. The van der Waals surface area contributed by atoms with Crippen LogP contribution in [0.1, 0.15) is 18.1 Å². The first-order valence-corrected chi connectivity index (χ1v) is 5.74. The van der Waals surface area contributed by atoms with Crippen LogP contribution in [0, 0.1) is 13.8 Å². The lowest BCUT2D eigenvalue weighted by atomic mass is 10.1. The maximum atomic E-state index is 11.6. The standard InChI is InChI=1S/C13H16N2O3/c1-8-4-5-10(6-9(8)2)18-7-13(3)11(16)14-12(17)15-13/h4-6H,7H2,1-3H3,(H2,14,15,16,17). The highest BCUT2D eigenvalue weighted by Crippen LogP contribution is 2.18. The van der Waals surface area contributed by atoms with Crippen LogP contribution in [-0.4, -0.2) is 24.1 Å². The molecule has 1 aliphatic rings. The monoisotopic (exact) mass is 248 g/mol. The third-order valence-electron chi connectivity index (χ3n) is 3.12. The van der Waals surface area contributed by atoms with Gasteiger partial charge in [-0.3, -0.25) is 10.1 Å². The van der Waals surface area contributed by atoms with Gasteiger partial charge in [0.25, 0.3) is 5.91 Å². The number of hydrogen-bond donors (Lipinski definition) is 2. The van der Waals surface area contributed by atoms with Crippen LogP contribution in [0.3, 0.4) is 0 Å². The van der Waals surface area contributed by atoms with Crippen LogP contribution >= 0.6 is 0 Å². The summed E-state index contributed by atoms with van der Waals surface area (Å²) in [7, 11) is 0. The van der Waals surface area contributed by atoms with Gasteiger partial charge in [-0.25, -0.2) is 4.79 Å². The predicted octanol–water partition coefficient (Wildman–Crippen LogP) is 1.28. The van der Waals surface area contributed by atoms with Gasteiger partial charge in [-0.05, 0) is 44.0 Å². The van der Waals surface area contributed by atoms with Crippen LogP contribution in [0.2, 0.25) is 0 Å². The first kappa shape index (κ1) is 12.4. The molecule has 0 spiro atoms. The van der Waals surface area contributed by atoms with E-state index in [1.54, 1.807) is 6.92 Å². The Hall–Kier alpha value is -2.04. The number of carbonyl (C=O) groups excluding carboxylic acids is 2. The Labute approximate surface area is 106 Å². The number of amides is 3. The van der Waals surface area contributed by atoms with Crippen molar-refractivity contribution in [3.8, 4) is 5.75 Å². The zero-order chi connectivity index (χ0) is 13.3. The average molecular weight is 248 g/mol. The minimum absolute atomic E-state index is 0.104. The predicted molar refractivity (Wildman–Crippen MR) is 66.5 cm³/mol. The third kappa shape index (κ3) is 2.30. The largest absolute Gasteiger partial charge is 0.491 e. The summed E-state index contributed by atoms with van der Waals surface area (Å²) in [6.07, 6.45) is 0. The molecule has 0 aromatic heterocycles. The van der Waals surface area contributed by atoms with Crippen molar-refractivity contribution in [3.05, 3.63) is 29.3 Å². The molecule has 0 aliphatic carbocycles. The Morgan fingerprint density at radius 1 is 1.22 bits per heavy atom. The molecule has 5 nitrogen and oxygen atoms in total. The molecule has 1 aliphatic heterocycles. The van der Waals surface area contributed by atoms with E-state index in [1.807, 2.05) is 32.0 Å². The number of ether oxygens (including phenoxy) is 1. The second-order valence-corrected chi connectivity index (χ2v) is 4.78. The number of rotatable bonds is 3. The molecule has 1 aromatic carbocycles. The second-order valence-electron chi connectivity index (χ2n) is 4.78. The maximum absolute atomic E-state index is 11.6. The summed E-state index contributed by atoms with van der Waals surface area (Å²) >= 11 is 0. The summed E-state index contributed by atoms with van der Waals surface area (Å²) in [5.41, 5.74) is 1.30. The zero-order valence-corrected chi connectivity index (χ0v) is 10.7. The summed E-state index contributed by atoms with van der Waals surface area (Å²) in [6, 6.07) is 5.24. The van der Waals surface area contributed by atoms with E-state index in [0.29, 0.717) is 5.75 Å². The second kappa shape index (κ2) is 4.33. The van der Waals surface area contributed by atoms with Gasteiger partial charge in [-0.15, -0.1) is 0 Å². The van der Waals surface area contributed by atoms with Crippen molar-refractivity contribution in [2.24, 2.45) is 0 Å². The fourth-order valence-electron chi connectivity index (χ4n) is 1.71. The van der Waals surface area contributed by atoms with Crippen LogP contribution in [-0.2, 0) is 4.79 Å². The van der Waals surface area contributed by atoms with Crippen LogP contribution in [0.25, 0.3) is 0 Å². The van der Waals surface area contributed by atoms with Crippen molar-refractivity contribution in [1.29, 1.82) is 0 Å². The molecule has 2 rings (SSSR count). The summed E-state index contributed by atoms with van der Waals surface area (Å²) < 4.78 is 5.57. The summed E-state index contributed by atoms with van der Waals surface area (Å²) in [5, 5.41) is 4.75. The number of carbonyl (C=O) groups is 2. The number of urea groups is 1. The minimum atomic E-state index is -1.00. The molecule has 1 aromatic rings. The van der Waals surface area contributed by atoms with Gasteiger partial charge in [0.15, 0.2) is 5.54 Å². The van der Waals surface area contributed by atoms with E-state index in [0.717, 1.165) is 5.56 Å². The quantitative estimate of drug-likeness (QED) is 0.792. The van der Waals surface area contributed by atoms with E-state index in [1.165, 1.54) is 5.56 Å². The van der Waals surface area contributed by atoms with Gasteiger partial charge in [0.05, 0.1) is 0 Å². The Morgan fingerprint density at radius 2 is 1.94 bits per heavy atom. The van der Waals surface area contributed by atoms with Gasteiger partial charge in [-0.1, -0.05) is 6.07 Å². The fraction of sp³-hybridized carbons (Fsp3) is 0.385. The highest BCUT2D eigenvalue weighted by molar-refractivity contribution is 6.06. The molecule has 1 unspecified atom stereocenters. The van der Waals surface area contributed by atoms with E-state index >= 15 is 0 Å². The normalized spacial score (nSPS) is 22.6. The number of benzene rings is 1. The SMILES string of the molecule is Cc1ccc(OCC2(C)NC(=O)NC2=O)cc1C. The highest BCUT2D eigenvalue weighted by Gasteiger charge is 2.42. The average Bonchev–Trinajstić information content (AvgIpc) is 2.55. The molecule has 2 N–H and O–H groups in total. The van der Waals surface area contributed by atoms with Gasteiger partial charge in [0, 0.05) is 0 Å². The highest BCUT2D eigenvalue weighted by atomic mass is 16.5. The summed E-state index contributed by atoms with van der Waals surface area (Å²) in [4.78, 5) is 22.7. The van der Waals surface area contributed by atoms with Crippen LogP contribution in [0.15, 0.2) is 18.2 Å². The molecule has 3 amide bonds. The lowest BCUT2D eigenvalue weighted by Crippen LogP contribution is -2.48. The van der Waals surface area contributed by atoms with Crippen LogP contribution in [0.5, 0.6) is 5.75 Å². The lowest BCUT2D eigenvalue weighted by molar-refractivity contribution is -0.124. The number of imide groups is 1. The maximum Gasteiger partial charge on any atom is 0.322 e. The van der Waals surface area contributed by atoms with Gasteiger partial charge in [0.2, 0.25) is 0 Å². The molecule has 0 saturated carbocycles. The van der Waals surface area contributed by atoms with Crippen LogP contribution in [0.4, 0.5) is 4.79 Å². The van der Waals surface area contributed by atoms with Crippen LogP contribution < -0.4 is 15.4 Å². The van der Waals surface area contributed by atoms with Crippen molar-refractivity contribution in [2.45, 2.75) is 26.3 Å². The molecule has 1 fully saturated rings. The van der Waals surface area contributed by atoms with E-state index in [2.05, 4.69) is 10.6 Å². The third-order valence-corrected chi connectivity index (χ3v) is 3.12. The molecule has 18 heavy (non-hydrogen) atoms. The molecule has 5 heteroatoms. The number of nitrogens with one attached hydrogen (secondary N) is 2. The van der Waals surface area contributed by atoms with Crippen molar-refractivity contribution in [3.63, 3.8) is 0 Å². The Morgan fingerprint density at radius 3 is 2.50 bits per heavy atom. The molecule has 1 saturated heterocycles. The Bertz CT molecular complexity index is 513. The molecular formula is C13H16N2O3. The summed E-state index contributed by atoms with van der Waals surface area (Å²) in [6.45, 7) is 5.75. The smallest absolute Gasteiger partial charge is 0.322 e. The molecule has 0 bridgehead atoms. The van der Waals surface area contributed by atoms with Gasteiger partial charge in [0.1, 0.15) is 12.4 Å². The summed E-state index contributed by atoms with van der Waals surface area (Å²) in [5.74, 6) is 0.324. The van der Waals surface area contributed by atoms with Gasteiger partial charge >= 0.3 is 6.03 Å². The zero-order valence-electron chi connectivity index (χ0n) is 10.7. The number of aryl methyl sites for hydroxylation is 2. The first-order chi connectivity index (χ1) is 8.40. The Balaban J connectivity index is 2.05. The van der Waals surface area contributed by atoms with Crippen molar-refractivity contribution in [2.75, 3.05) is 6.61 Å². The fourth-order valence-corrected chi connectivity index (χ4v) is 1.71. The first-order valence-electron chi connectivity index (χ1n) is 5.74. The van der Waals surface area contributed by atoms with Gasteiger partial charge < -0.3 is 10.1 Å². The van der Waals surface area contributed by atoms with Crippen molar-refractivity contribution < 1.29 is 14.3 Å². The molecule has 0 radical (unpaired) electrons. The van der Waals surface area contributed by atoms with E-state index < -0.39 is 11.6 Å². The van der Waals surface area contributed by atoms with E-state index in [4.69, 9.17) is 4.74 Å².